The summed E-state index contributed by atoms with van der Waals surface area (Å²) in [6.07, 6.45) is 15.5. The highest BCUT2D eigenvalue weighted by atomic mass is 16.1. The molecule has 2 fully saturated rings. The maximum absolute atomic E-state index is 11.8. The van der Waals surface area contributed by atoms with Gasteiger partial charge >= 0.3 is 0 Å². The van der Waals surface area contributed by atoms with Crippen molar-refractivity contribution in [1.82, 2.24) is 5.32 Å². The van der Waals surface area contributed by atoms with E-state index in [-0.39, 0.29) is 5.92 Å². The zero-order valence-corrected chi connectivity index (χ0v) is 14.3. The minimum atomic E-state index is 0.278. The molecule has 0 bridgehead atoms. The average molecular weight is 293 g/mol. The van der Waals surface area contributed by atoms with Crippen LogP contribution in [0.15, 0.2) is 11.6 Å². The summed E-state index contributed by atoms with van der Waals surface area (Å²) in [5.74, 6) is 0.770. The Kier molecular flexibility index (Phi) is 10.5. The van der Waals surface area contributed by atoms with Crippen LogP contribution < -0.4 is 5.32 Å². The maximum Gasteiger partial charge on any atom is 0.139 e. The maximum atomic E-state index is 11.8. The van der Waals surface area contributed by atoms with Gasteiger partial charge in [0.1, 0.15) is 5.78 Å². The molecule has 0 aromatic heterocycles. The molecule has 0 aromatic rings. The molecule has 122 valence electrons. The van der Waals surface area contributed by atoms with Crippen LogP contribution in [0.5, 0.6) is 0 Å². The van der Waals surface area contributed by atoms with Gasteiger partial charge < -0.3 is 5.32 Å². The van der Waals surface area contributed by atoms with E-state index >= 15 is 0 Å². The third-order valence-corrected chi connectivity index (χ3v) is 4.58. The Labute approximate surface area is 131 Å². The number of piperidine rings is 1. The number of nitrogens with one attached hydrogen (secondary N) is 1. The predicted molar refractivity (Wildman–Crippen MR) is 91.6 cm³/mol. The summed E-state index contributed by atoms with van der Waals surface area (Å²) in [6, 6.07) is 0. The summed E-state index contributed by atoms with van der Waals surface area (Å²) in [5.41, 5.74) is 1.41. The van der Waals surface area contributed by atoms with E-state index in [1.807, 2.05) is 0 Å². The molecule has 1 saturated carbocycles. The zero-order chi connectivity index (χ0) is 15.3. The van der Waals surface area contributed by atoms with E-state index in [9.17, 15) is 4.79 Å². The summed E-state index contributed by atoms with van der Waals surface area (Å²) in [6.45, 7) is 6.89. The quantitative estimate of drug-likeness (QED) is 0.569. The number of ketones is 1. The Morgan fingerprint density at radius 1 is 1.14 bits per heavy atom. The summed E-state index contributed by atoms with van der Waals surface area (Å²) in [7, 11) is 0. The Bertz CT molecular complexity index is 293. The molecule has 2 aliphatic rings. The van der Waals surface area contributed by atoms with Crippen molar-refractivity contribution < 1.29 is 4.79 Å². The molecular weight excluding hydrogens is 258 g/mol. The third-order valence-electron chi connectivity index (χ3n) is 4.58. The molecule has 2 nitrogen and oxygen atoms in total. The van der Waals surface area contributed by atoms with E-state index in [1.54, 1.807) is 0 Å². The molecule has 0 unspecified atom stereocenters. The molecule has 0 amide bonds. The predicted octanol–water partition coefficient (Wildman–Crippen LogP) is 5.03. The molecule has 0 aromatic carbocycles. The van der Waals surface area contributed by atoms with E-state index in [1.165, 1.54) is 57.2 Å². The highest BCUT2D eigenvalue weighted by Gasteiger charge is 2.24. The highest BCUT2D eigenvalue weighted by Crippen LogP contribution is 2.29. The van der Waals surface area contributed by atoms with Crippen molar-refractivity contribution in [1.29, 1.82) is 0 Å². The van der Waals surface area contributed by atoms with Gasteiger partial charge in [0.05, 0.1) is 0 Å². The van der Waals surface area contributed by atoms with E-state index in [2.05, 4.69) is 25.2 Å². The normalized spacial score (nSPS) is 23.4. The van der Waals surface area contributed by atoms with E-state index in [0.717, 1.165) is 32.1 Å². The monoisotopic (exact) mass is 293 g/mol. The molecule has 2 heteroatoms. The number of unbranched alkanes of at least 4 members (excludes halogenated alkanes) is 2. The van der Waals surface area contributed by atoms with Crippen molar-refractivity contribution in [2.45, 2.75) is 84.5 Å². The number of Topliss-reactive ketones (excluding diaryl/α,β-unsaturated/α-hetero) is 1. The minimum absolute atomic E-state index is 0.278. The fraction of sp³-hybridized carbons (Fsp3) is 0.842. The van der Waals surface area contributed by atoms with Crippen molar-refractivity contribution in [2.75, 3.05) is 13.1 Å². The average Bonchev–Trinajstić information content (AvgIpc) is 2.55. The largest absolute Gasteiger partial charge is 0.317 e. The van der Waals surface area contributed by atoms with Crippen LogP contribution >= 0.6 is 0 Å². The lowest BCUT2D eigenvalue weighted by Crippen LogP contribution is -2.21. The highest BCUT2D eigenvalue weighted by molar-refractivity contribution is 5.84. The van der Waals surface area contributed by atoms with E-state index < -0.39 is 0 Å². The molecule has 1 heterocycles. The third kappa shape index (κ3) is 7.80. The van der Waals surface area contributed by atoms with Crippen LogP contribution in [0.1, 0.15) is 84.5 Å². The van der Waals surface area contributed by atoms with Gasteiger partial charge in [-0.25, -0.2) is 0 Å². The van der Waals surface area contributed by atoms with Gasteiger partial charge in [-0.05, 0) is 51.6 Å². The first kappa shape index (κ1) is 18.4. The van der Waals surface area contributed by atoms with Gasteiger partial charge in [-0.1, -0.05) is 51.2 Å². The van der Waals surface area contributed by atoms with E-state index in [4.69, 9.17) is 0 Å². The van der Waals surface area contributed by atoms with Crippen molar-refractivity contribution >= 4 is 5.78 Å². The molecule has 0 radical (unpaired) electrons. The second-order valence-corrected chi connectivity index (χ2v) is 6.35. The van der Waals surface area contributed by atoms with Gasteiger partial charge in [0.15, 0.2) is 0 Å². The molecular formula is C19H35NO. The Hall–Kier alpha value is -0.630. The van der Waals surface area contributed by atoms with Crippen molar-refractivity contribution in [3.63, 3.8) is 0 Å². The Balaban J connectivity index is 0.000000304. The molecule has 0 spiro atoms. The van der Waals surface area contributed by atoms with Gasteiger partial charge in [0.25, 0.3) is 0 Å². The number of hydrogen-bond donors (Lipinski definition) is 1. The first-order valence-electron chi connectivity index (χ1n) is 9.22. The molecule has 1 aliphatic carbocycles. The Morgan fingerprint density at radius 2 is 1.90 bits per heavy atom. The van der Waals surface area contributed by atoms with Crippen molar-refractivity contribution in [2.24, 2.45) is 5.92 Å². The van der Waals surface area contributed by atoms with Crippen LogP contribution in [0.3, 0.4) is 0 Å². The van der Waals surface area contributed by atoms with Crippen LogP contribution in [0.4, 0.5) is 0 Å². The van der Waals surface area contributed by atoms with Crippen LogP contribution in [0.2, 0.25) is 0 Å². The fourth-order valence-corrected chi connectivity index (χ4v) is 3.20. The molecule has 1 saturated heterocycles. The van der Waals surface area contributed by atoms with Gasteiger partial charge in [-0.15, -0.1) is 0 Å². The molecule has 1 N–H and O–H groups in total. The number of rotatable bonds is 5. The lowest BCUT2D eigenvalue weighted by atomic mass is 9.81. The number of carbonyl (C=O) groups excluding carboxylic acids is 1. The molecule has 21 heavy (non-hydrogen) atoms. The van der Waals surface area contributed by atoms with Crippen LogP contribution in [0.25, 0.3) is 0 Å². The van der Waals surface area contributed by atoms with Crippen molar-refractivity contribution in [3.8, 4) is 0 Å². The second kappa shape index (κ2) is 12.0. The SMILES string of the molecule is C1CCNCC1.CCCC/C=C(\CC)[C@H]1CCCCC1=O. The standard InChI is InChI=1S/C14H24O.C5H11N/c1-3-5-6-9-12(4-2)13-10-7-8-11-14(13)15;1-2-4-6-5-3-1/h9,13H,3-8,10-11H2,1-2H3;6H,1-5H2/b12-9+;/t13-;/m1./s1. The summed E-state index contributed by atoms with van der Waals surface area (Å²) in [4.78, 5) is 11.8. The topological polar surface area (TPSA) is 29.1 Å². The van der Waals surface area contributed by atoms with Gasteiger partial charge in [0.2, 0.25) is 0 Å². The lowest BCUT2D eigenvalue weighted by Gasteiger charge is -2.22. The Morgan fingerprint density at radius 3 is 2.38 bits per heavy atom. The van der Waals surface area contributed by atoms with Gasteiger partial charge in [-0.3, -0.25) is 4.79 Å². The zero-order valence-electron chi connectivity index (χ0n) is 14.3. The number of carbonyl (C=O) groups is 1. The summed E-state index contributed by atoms with van der Waals surface area (Å²) in [5, 5.41) is 3.28. The first-order chi connectivity index (χ1) is 10.3. The molecule has 2 rings (SSSR count). The smallest absolute Gasteiger partial charge is 0.139 e. The van der Waals surface area contributed by atoms with Gasteiger partial charge in [0, 0.05) is 12.3 Å². The van der Waals surface area contributed by atoms with Crippen LogP contribution in [-0.4, -0.2) is 18.9 Å². The first-order valence-corrected chi connectivity index (χ1v) is 9.22. The number of hydrogen-bond acceptors (Lipinski definition) is 2. The van der Waals surface area contributed by atoms with Crippen molar-refractivity contribution in [3.05, 3.63) is 11.6 Å². The minimum Gasteiger partial charge on any atom is -0.317 e. The second-order valence-electron chi connectivity index (χ2n) is 6.35. The fourth-order valence-electron chi connectivity index (χ4n) is 3.20. The summed E-state index contributed by atoms with van der Waals surface area (Å²) >= 11 is 0. The van der Waals surface area contributed by atoms with Gasteiger partial charge in [-0.2, -0.15) is 0 Å². The molecule has 1 aliphatic heterocycles. The van der Waals surface area contributed by atoms with E-state index in [0.29, 0.717) is 5.78 Å². The number of allylic oxidation sites excluding steroid dienone is 2. The molecule has 1 atom stereocenters. The lowest BCUT2D eigenvalue weighted by molar-refractivity contribution is -0.123. The summed E-state index contributed by atoms with van der Waals surface area (Å²) < 4.78 is 0. The van der Waals surface area contributed by atoms with Crippen LogP contribution in [-0.2, 0) is 4.79 Å². The van der Waals surface area contributed by atoms with Crippen LogP contribution in [0, 0.1) is 5.92 Å².